The summed E-state index contributed by atoms with van der Waals surface area (Å²) in [4.78, 5) is 24.4. The Morgan fingerprint density at radius 2 is 1.59 bits per heavy atom. The van der Waals surface area contributed by atoms with Crippen LogP contribution in [0.15, 0.2) is 48.1 Å². The molecule has 0 bridgehead atoms. The molecule has 1 aromatic carbocycles. The second-order valence-corrected chi connectivity index (χ2v) is 5.88. The van der Waals surface area contributed by atoms with E-state index in [9.17, 15) is 9.59 Å². The molecule has 158 valence electrons. The van der Waals surface area contributed by atoms with E-state index in [1.54, 1.807) is 39.0 Å². The lowest BCUT2D eigenvalue weighted by Crippen LogP contribution is -2.18. The van der Waals surface area contributed by atoms with E-state index < -0.39 is 18.0 Å². The van der Waals surface area contributed by atoms with Gasteiger partial charge in [0.15, 0.2) is 11.5 Å². The van der Waals surface area contributed by atoms with Gasteiger partial charge in [0.05, 0.1) is 26.9 Å². The highest BCUT2D eigenvalue weighted by Gasteiger charge is 2.22. The minimum atomic E-state index is -0.779. The van der Waals surface area contributed by atoms with Crippen LogP contribution >= 0.6 is 0 Å². The zero-order valence-electron chi connectivity index (χ0n) is 17.7. The van der Waals surface area contributed by atoms with E-state index in [0.717, 1.165) is 0 Å². The third-order valence-electron chi connectivity index (χ3n) is 4.19. The van der Waals surface area contributed by atoms with Gasteiger partial charge in [0.1, 0.15) is 12.7 Å². The highest BCUT2D eigenvalue weighted by Crippen LogP contribution is 2.40. The summed E-state index contributed by atoms with van der Waals surface area (Å²) in [6.45, 7) is 8.56. The third kappa shape index (κ3) is 6.14. The van der Waals surface area contributed by atoms with Crippen molar-refractivity contribution in [3.8, 4) is 17.2 Å². The highest BCUT2D eigenvalue weighted by atomic mass is 16.6. The Labute approximate surface area is 171 Å². The van der Waals surface area contributed by atoms with Gasteiger partial charge >= 0.3 is 11.9 Å². The van der Waals surface area contributed by atoms with Crippen molar-refractivity contribution in [3.05, 3.63) is 53.6 Å². The van der Waals surface area contributed by atoms with Gasteiger partial charge in [0.2, 0.25) is 5.75 Å². The predicted octanol–water partition coefficient (Wildman–Crippen LogP) is 3.94. The molecule has 0 radical (unpaired) electrons. The number of benzene rings is 1. The molecular formula is C22H28O7. The molecule has 0 aliphatic carbocycles. The van der Waals surface area contributed by atoms with Crippen LogP contribution in [0.1, 0.15) is 32.4 Å². The van der Waals surface area contributed by atoms with Crippen molar-refractivity contribution in [2.75, 3.05) is 27.9 Å². The lowest BCUT2D eigenvalue weighted by atomic mass is 10.1. The van der Waals surface area contributed by atoms with Crippen LogP contribution in [0.2, 0.25) is 0 Å². The van der Waals surface area contributed by atoms with Crippen molar-refractivity contribution in [2.24, 2.45) is 0 Å². The average molecular weight is 404 g/mol. The van der Waals surface area contributed by atoms with E-state index in [-0.39, 0.29) is 12.2 Å². The summed E-state index contributed by atoms with van der Waals surface area (Å²) in [6, 6.07) is 3.34. The quantitative estimate of drug-likeness (QED) is 0.332. The van der Waals surface area contributed by atoms with E-state index in [2.05, 4.69) is 6.58 Å². The fraction of sp³-hybridized carbons (Fsp3) is 0.364. The van der Waals surface area contributed by atoms with Crippen molar-refractivity contribution in [2.45, 2.75) is 26.9 Å². The van der Waals surface area contributed by atoms with Crippen LogP contribution in [0.25, 0.3) is 0 Å². The highest BCUT2D eigenvalue weighted by molar-refractivity contribution is 5.91. The number of methoxy groups -OCH3 is 3. The Morgan fingerprint density at radius 3 is 2.00 bits per heavy atom. The van der Waals surface area contributed by atoms with Crippen molar-refractivity contribution in [1.29, 1.82) is 0 Å². The molecule has 0 amide bonds. The van der Waals surface area contributed by atoms with Crippen molar-refractivity contribution in [3.63, 3.8) is 0 Å². The Kier molecular flexibility index (Phi) is 9.51. The van der Waals surface area contributed by atoms with Gasteiger partial charge in [0, 0.05) is 11.1 Å². The molecule has 0 spiro atoms. The molecule has 0 saturated heterocycles. The molecule has 1 aromatic rings. The van der Waals surface area contributed by atoms with Crippen LogP contribution in [0.3, 0.4) is 0 Å². The fourth-order valence-electron chi connectivity index (χ4n) is 2.34. The first-order valence-corrected chi connectivity index (χ1v) is 8.95. The molecule has 7 heteroatoms. The first-order valence-electron chi connectivity index (χ1n) is 8.95. The number of carbonyl (C=O) groups is 2. The van der Waals surface area contributed by atoms with E-state index >= 15 is 0 Å². The lowest BCUT2D eigenvalue weighted by Gasteiger charge is -2.19. The van der Waals surface area contributed by atoms with Gasteiger partial charge in [0.25, 0.3) is 0 Å². The summed E-state index contributed by atoms with van der Waals surface area (Å²) < 4.78 is 26.6. The van der Waals surface area contributed by atoms with Crippen LogP contribution < -0.4 is 14.2 Å². The van der Waals surface area contributed by atoms with Crippen molar-refractivity contribution in [1.82, 2.24) is 0 Å². The number of rotatable bonds is 10. The molecule has 1 atom stereocenters. The van der Waals surface area contributed by atoms with Gasteiger partial charge in [-0.25, -0.2) is 9.59 Å². The summed E-state index contributed by atoms with van der Waals surface area (Å²) in [6.07, 6.45) is 3.87. The fourth-order valence-corrected chi connectivity index (χ4v) is 2.34. The minimum Gasteiger partial charge on any atom is -0.493 e. The van der Waals surface area contributed by atoms with Gasteiger partial charge in [-0.05, 0) is 39.0 Å². The molecule has 29 heavy (non-hydrogen) atoms. The number of carbonyl (C=O) groups excluding carboxylic acids is 2. The van der Waals surface area contributed by atoms with Gasteiger partial charge in [-0.1, -0.05) is 18.7 Å². The Morgan fingerprint density at radius 1 is 1.00 bits per heavy atom. The summed E-state index contributed by atoms with van der Waals surface area (Å²) in [5.74, 6) is 0.147. The molecule has 1 rings (SSSR count). The number of allylic oxidation sites excluding steroid dienone is 2. The zero-order chi connectivity index (χ0) is 22.0. The summed E-state index contributed by atoms with van der Waals surface area (Å²) in [7, 11) is 4.49. The molecule has 0 fully saturated rings. The first-order chi connectivity index (χ1) is 13.9. The van der Waals surface area contributed by atoms with Gasteiger partial charge in [-0.2, -0.15) is 0 Å². The van der Waals surface area contributed by atoms with E-state index in [1.807, 2.05) is 0 Å². The molecule has 0 heterocycles. The molecule has 7 nitrogen and oxygen atoms in total. The second-order valence-electron chi connectivity index (χ2n) is 5.88. The number of hydrogen-bond donors (Lipinski definition) is 0. The topological polar surface area (TPSA) is 80.3 Å². The van der Waals surface area contributed by atoms with Crippen LogP contribution in [-0.2, 0) is 19.1 Å². The number of hydrogen-bond acceptors (Lipinski definition) is 7. The Balaban J connectivity index is 3.03. The van der Waals surface area contributed by atoms with Crippen LogP contribution in [0.5, 0.6) is 17.2 Å². The van der Waals surface area contributed by atoms with E-state index in [0.29, 0.717) is 28.4 Å². The Bertz CT molecular complexity index is 780. The summed E-state index contributed by atoms with van der Waals surface area (Å²) in [5, 5.41) is 0. The molecule has 0 aliphatic rings. The normalized spacial score (nSPS) is 12.6. The zero-order valence-corrected chi connectivity index (χ0v) is 17.7. The molecule has 0 aliphatic heterocycles. The maximum atomic E-state index is 12.6. The number of ether oxygens (including phenoxy) is 5. The van der Waals surface area contributed by atoms with Crippen LogP contribution in [0, 0.1) is 0 Å². The predicted molar refractivity (Wildman–Crippen MR) is 109 cm³/mol. The van der Waals surface area contributed by atoms with Crippen molar-refractivity contribution >= 4 is 11.9 Å². The second kappa shape index (κ2) is 11.6. The SMILES string of the molecule is C=C[C@H](OC(=O)C(=CC)COC(=O)C(C)=CC)c1cc(OC)c(OC)c(OC)c1. The van der Waals surface area contributed by atoms with Crippen molar-refractivity contribution < 1.29 is 33.3 Å². The molecule has 0 unspecified atom stereocenters. The van der Waals surface area contributed by atoms with E-state index in [1.165, 1.54) is 33.5 Å². The smallest absolute Gasteiger partial charge is 0.338 e. The average Bonchev–Trinajstić information content (AvgIpc) is 2.75. The largest absolute Gasteiger partial charge is 0.493 e. The van der Waals surface area contributed by atoms with Gasteiger partial charge < -0.3 is 23.7 Å². The molecule has 0 N–H and O–H groups in total. The minimum absolute atomic E-state index is 0.196. The number of esters is 2. The molecule has 0 aromatic heterocycles. The summed E-state index contributed by atoms with van der Waals surface area (Å²) >= 11 is 0. The van der Waals surface area contributed by atoms with E-state index in [4.69, 9.17) is 23.7 Å². The maximum absolute atomic E-state index is 12.6. The Hall–Kier alpha value is -3.22. The van der Waals surface area contributed by atoms with Crippen LogP contribution in [-0.4, -0.2) is 39.9 Å². The monoisotopic (exact) mass is 404 g/mol. The lowest BCUT2D eigenvalue weighted by molar-refractivity contribution is -0.144. The van der Waals surface area contributed by atoms with Crippen LogP contribution in [0.4, 0.5) is 0 Å². The molecular weight excluding hydrogens is 376 g/mol. The third-order valence-corrected chi connectivity index (χ3v) is 4.19. The first kappa shape index (κ1) is 23.8. The maximum Gasteiger partial charge on any atom is 0.338 e. The summed E-state index contributed by atoms with van der Waals surface area (Å²) in [5.41, 5.74) is 1.25. The van der Waals surface area contributed by atoms with Gasteiger partial charge in [-0.15, -0.1) is 0 Å². The molecule has 0 saturated carbocycles. The standard InChI is InChI=1S/C22H28O7/c1-8-14(4)21(23)28-13-15(9-2)22(24)29-17(10-3)16-11-18(25-5)20(27-7)19(12-16)26-6/h8-12,17H,3,13H2,1-2,4-7H3/t17-/m0/s1. The van der Waals surface area contributed by atoms with Gasteiger partial charge in [-0.3, -0.25) is 0 Å².